The number of nitrogens with one attached hydrogen (secondary N) is 1. The summed E-state index contributed by atoms with van der Waals surface area (Å²) >= 11 is 0. The average Bonchev–Trinajstić information content (AvgIpc) is 2.31. The summed E-state index contributed by atoms with van der Waals surface area (Å²) in [5.41, 5.74) is 3.70. The van der Waals surface area contributed by atoms with Gasteiger partial charge in [-0.25, -0.2) is 0 Å². The summed E-state index contributed by atoms with van der Waals surface area (Å²) in [5, 5.41) is 3.43. The van der Waals surface area contributed by atoms with Gasteiger partial charge in [-0.2, -0.15) is 0 Å². The Bertz CT molecular complexity index is 489. The Hall–Kier alpha value is -1.28. The highest BCUT2D eigenvalue weighted by molar-refractivity contribution is 5.41. The second kappa shape index (κ2) is 6.65. The molecule has 1 aromatic rings. The molecule has 0 aliphatic heterocycles. The minimum Gasteiger partial charge on any atom is -0.489 e. The van der Waals surface area contributed by atoms with Crippen LogP contribution < -0.4 is 10.1 Å². The minimum atomic E-state index is 0.0774. The molecule has 0 fully saturated rings. The molecule has 0 spiro atoms. The van der Waals surface area contributed by atoms with Gasteiger partial charge in [-0.05, 0) is 55.9 Å². The van der Waals surface area contributed by atoms with Crippen molar-refractivity contribution in [2.75, 3.05) is 13.2 Å². The van der Waals surface area contributed by atoms with E-state index >= 15 is 0 Å². The molecule has 0 amide bonds. The molecule has 0 heterocycles. The molecule has 0 saturated heterocycles. The summed E-state index contributed by atoms with van der Waals surface area (Å²) in [6.07, 6.45) is 0. The van der Waals surface area contributed by atoms with Gasteiger partial charge in [-0.3, -0.25) is 0 Å². The number of rotatable bonds is 5. The van der Waals surface area contributed by atoms with Crippen molar-refractivity contribution < 1.29 is 4.74 Å². The van der Waals surface area contributed by atoms with Gasteiger partial charge >= 0.3 is 0 Å². The van der Waals surface area contributed by atoms with E-state index in [-0.39, 0.29) is 11.0 Å². The fourth-order valence-electron chi connectivity index (χ4n) is 1.99. The van der Waals surface area contributed by atoms with Crippen LogP contribution in [-0.4, -0.2) is 18.7 Å². The van der Waals surface area contributed by atoms with Gasteiger partial charge in [0, 0.05) is 12.1 Å². The second-order valence-electron chi connectivity index (χ2n) is 7.89. The number of benzene rings is 1. The van der Waals surface area contributed by atoms with E-state index < -0.39 is 0 Å². The zero-order valence-electron chi connectivity index (χ0n) is 14.8. The third-order valence-electron chi connectivity index (χ3n) is 3.25. The molecule has 0 aromatic heterocycles. The van der Waals surface area contributed by atoms with Gasteiger partial charge in [-0.1, -0.05) is 39.5 Å². The van der Waals surface area contributed by atoms with Crippen LogP contribution in [0.15, 0.2) is 30.4 Å². The van der Waals surface area contributed by atoms with Crippen molar-refractivity contribution in [1.82, 2.24) is 5.32 Å². The maximum Gasteiger partial charge on any atom is 0.123 e. The molecule has 0 radical (unpaired) electrons. The predicted molar refractivity (Wildman–Crippen MR) is 92.3 cm³/mol. The van der Waals surface area contributed by atoms with E-state index in [0.29, 0.717) is 6.61 Å². The highest BCUT2D eigenvalue weighted by Crippen LogP contribution is 2.32. The SMILES string of the molecule is C=C(CNC(C)(C)C)COc1cc(C)ccc1C(C)(C)C. The smallest absolute Gasteiger partial charge is 0.123 e. The lowest BCUT2D eigenvalue weighted by Gasteiger charge is -2.24. The third kappa shape index (κ3) is 6.34. The Kier molecular flexibility index (Phi) is 5.63. The molecule has 1 aromatic carbocycles. The van der Waals surface area contributed by atoms with Crippen LogP contribution in [-0.2, 0) is 5.41 Å². The van der Waals surface area contributed by atoms with Crippen molar-refractivity contribution in [3.63, 3.8) is 0 Å². The number of hydrogen-bond acceptors (Lipinski definition) is 2. The average molecular weight is 289 g/mol. The topological polar surface area (TPSA) is 21.3 Å². The minimum absolute atomic E-state index is 0.0774. The summed E-state index contributed by atoms with van der Waals surface area (Å²) in [6.45, 7) is 20.6. The molecule has 1 N–H and O–H groups in total. The van der Waals surface area contributed by atoms with Crippen molar-refractivity contribution in [1.29, 1.82) is 0 Å². The van der Waals surface area contributed by atoms with Crippen molar-refractivity contribution in [2.24, 2.45) is 0 Å². The first-order valence-corrected chi connectivity index (χ1v) is 7.65. The van der Waals surface area contributed by atoms with E-state index in [2.05, 4.69) is 78.6 Å². The predicted octanol–water partition coefficient (Wildman–Crippen LogP) is 4.62. The largest absolute Gasteiger partial charge is 0.489 e. The lowest BCUT2D eigenvalue weighted by Crippen LogP contribution is -2.37. The molecule has 2 heteroatoms. The van der Waals surface area contributed by atoms with Crippen LogP contribution in [0.1, 0.15) is 52.7 Å². The van der Waals surface area contributed by atoms with Crippen LogP contribution in [0.5, 0.6) is 5.75 Å². The normalized spacial score (nSPS) is 12.3. The van der Waals surface area contributed by atoms with Crippen LogP contribution in [0.4, 0.5) is 0 Å². The van der Waals surface area contributed by atoms with E-state index in [4.69, 9.17) is 4.74 Å². The van der Waals surface area contributed by atoms with Crippen LogP contribution >= 0.6 is 0 Å². The van der Waals surface area contributed by atoms with Crippen molar-refractivity contribution in [2.45, 2.75) is 59.4 Å². The van der Waals surface area contributed by atoms with Crippen molar-refractivity contribution in [3.05, 3.63) is 41.5 Å². The van der Waals surface area contributed by atoms with Gasteiger partial charge in [0.25, 0.3) is 0 Å². The highest BCUT2D eigenvalue weighted by Gasteiger charge is 2.19. The third-order valence-corrected chi connectivity index (χ3v) is 3.25. The maximum atomic E-state index is 6.03. The molecule has 0 unspecified atom stereocenters. The Balaban J connectivity index is 2.71. The molecule has 0 bridgehead atoms. The first-order valence-electron chi connectivity index (χ1n) is 7.65. The monoisotopic (exact) mass is 289 g/mol. The number of aryl methyl sites for hydroxylation is 1. The molecule has 118 valence electrons. The lowest BCUT2D eigenvalue weighted by molar-refractivity contribution is 0.332. The molecule has 2 nitrogen and oxygen atoms in total. The van der Waals surface area contributed by atoms with Gasteiger partial charge in [0.15, 0.2) is 0 Å². The van der Waals surface area contributed by atoms with Gasteiger partial charge in [-0.15, -0.1) is 0 Å². The summed E-state index contributed by atoms with van der Waals surface area (Å²) in [7, 11) is 0. The van der Waals surface area contributed by atoms with E-state index in [1.807, 2.05) is 0 Å². The van der Waals surface area contributed by atoms with Crippen LogP contribution in [0, 0.1) is 6.92 Å². The maximum absolute atomic E-state index is 6.03. The van der Waals surface area contributed by atoms with Gasteiger partial charge in [0.05, 0.1) is 0 Å². The molecule has 0 aliphatic rings. The van der Waals surface area contributed by atoms with Crippen LogP contribution in [0.2, 0.25) is 0 Å². The van der Waals surface area contributed by atoms with Gasteiger partial charge < -0.3 is 10.1 Å². The number of ether oxygens (including phenoxy) is 1. The Morgan fingerprint density at radius 2 is 1.76 bits per heavy atom. The molecular weight excluding hydrogens is 258 g/mol. The first-order chi connectivity index (χ1) is 9.49. The molecule has 21 heavy (non-hydrogen) atoms. The molecule has 0 atom stereocenters. The standard InChI is InChI=1S/C19H31NO/c1-14-9-10-16(18(3,4)5)17(11-14)21-13-15(2)12-20-19(6,7)8/h9-11,20H,2,12-13H2,1,3-8H3. The van der Waals surface area contributed by atoms with E-state index in [0.717, 1.165) is 17.9 Å². The first kappa shape index (κ1) is 17.8. The van der Waals surface area contributed by atoms with Crippen LogP contribution in [0.3, 0.4) is 0 Å². The Labute approximate surface area is 130 Å². The lowest BCUT2D eigenvalue weighted by atomic mass is 9.86. The zero-order valence-corrected chi connectivity index (χ0v) is 14.8. The summed E-state index contributed by atoms with van der Waals surface area (Å²) in [5.74, 6) is 0.972. The quantitative estimate of drug-likeness (QED) is 0.799. The summed E-state index contributed by atoms with van der Waals surface area (Å²) in [4.78, 5) is 0. The molecule has 0 saturated carbocycles. The van der Waals surface area contributed by atoms with Crippen molar-refractivity contribution >= 4 is 0 Å². The summed E-state index contributed by atoms with van der Waals surface area (Å²) in [6, 6.07) is 6.43. The van der Waals surface area contributed by atoms with E-state index in [1.165, 1.54) is 11.1 Å². The Morgan fingerprint density at radius 1 is 1.14 bits per heavy atom. The second-order valence-corrected chi connectivity index (χ2v) is 7.89. The molecular formula is C19H31NO. The fourth-order valence-corrected chi connectivity index (χ4v) is 1.99. The molecule has 1 rings (SSSR count). The highest BCUT2D eigenvalue weighted by atomic mass is 16.5. The fraction of sp³-hybridized carbons (Fsp3) is 0.579. The van der Waals surface area contributed by atoms with E-state index in [1.54, 1.807) is 0 Å². The van der Waals surface area contributed by atoms with E-state index in [9.17, 15) is 0 Å². The molecule has 0 aliphatic carbocycles. The van der Waals surface area contributed by atoms with Crippen molar-refractivity contribution in [3.8, 4) is 5.75 Å². The van der Waals surface area contributed by atoms with Gasteiger partial charge in [0.1, 0.15) is 12.4 Å². The summed E-state index contributed by atoms with van der Waals surface area (Å²) < 4.78 is 6.03. The van der Waals surface area contributed by atoms with Crippen LogP contribution in [0.25, 0.3) is 0 Å². The van der Waals surface area contributed by atoms with Gasteiger partial charge in [0.2, 0.25) is 0 Å². The Morgan fingerprint density at radius 3 is 2.29 bits per heavy atom. The zero-order chi connectivity index (χ0) is 16.3. The number of hydrogen-bond donors (Lipinski definition) is 1.